The van der Waals surface area contributed by atoms with Gasteiger partial charge < -0.3 is 15.7 Å². The highest BCUT2D eigenvalue weighted by Gasteiger charge is 2.28. The van der Waals surface area contributed by atoms with E-state index >= 15 is 0 Å². The summed E-state index contributed by atoms with van der Waals surface area (Å²) in [4.78, 5) is 9.14. The van der Waals surface area contributed by atoms with Gasteiger partial charge in [0.05, 0.1) is 22.0 Å². The lowest BCUT2D eigenvalue weighted by atomic mass is 9.89. The Hall–Kier alpha value is -1.77. The molecule has 0 atom stereocenters. The summed E-state index contributed by atoms with van der Waals surface area (Å²) in [6.07, 6.45) is 1.36. The predicted octanol–water partition coefficient (Wildman–Crippen LogP) is 3.14. The lowest BCUT2D eigenvalue weighted by Gasteiger charge is -2.32. The molecule has 0 amide bonds. The Morgan fingerprint density at radius 3 is 2.91 bits per heavy atom. The molecule has 0 aliphatic heterocycles. The van der Waals surface area contributed by atoms with Crippen LogP contribution in [0.1, 0.15) is 18.5 Å². The van der Waals surface area contributed by atoms with E-state index in [4.69, 9.17) is 0 Å². The third kappa shape index (κ3) is 2.65. The van der Waals surface area contributed by atoms with Crippen LogP contribution in [0.2, 0.25) is 0 Å². The summed E-state index contributed by atoms with van der Waals surface area (Å²) < 4.78 is 5.30. The summed E-state index contributed by atoms with van der Waals surface area (Å²) in [6, 6.07) is 4.25. The van der Waals surface area contributed by atoms with Crippen LogP contribution in [0, 0.1) is 6.92 Å². The van der Waals surface area contributed by atoms with Crippen molar-refractivity contribution in [3.8, 4) is 0 Å². The number of nitrogens with zero attached hydrogens (tertiary/aromatic N) is 3. The number of hydrogen-bond donors (Lipinski definition) is 3. The third-order valence-corrected chi connectivity index (χ3v) is 5.33. The van der Waals surface area contributed by atoms with Gasteiger partial charge in [0, 0.05) is 6.04 Å². The Bertz CT molecular complexity index is 809. The van der Waals surface area contributed by atoms with E-state index in [9.17, 15) is 5.11 Å². The van der Waals surface area contributed by atoms with Crippen molar-refractivity contribution in [1.29, 1.82) is 0 Å². The summed E-state index contributed by atoms with van der Waals surface area (Å²) in [5.41, 5.74) is 1.90. The van der Waals surface area contributed by atoms with Gasteiger partial charge in [-0.25, -0.2) is 4.98 Å². The Kier molecular flexibility index (Phi) is 3.44. The normalized spacial score (nSPS) is 20.8. The minimum Gasteiger partial charge on any atom is -0.393 e. The van der Waals surface area contributed by atoms with Crippen molar-refractivity contribution in [2.24, 2.45) is 0 Å². The minimum absolute atomic E-state index is 0.184. The molecule has 22 heavy (non-hydrogen) atoms. The topological polar surface area (TPSA) is 83.0 Å². The van der Waals surface area contributed by atoms with Gasteiger partial charge in [0.1, 0.15) is 10.8 Å². The molecule has 3 aromatic heterocycles. The summed E-state index contributed by atoms with van der Waals surface area (Å²) in [6.45, 7) is 1.96. The predicted molar refractivity (Wildman–Crippen MR) is 90.2 cm³/mol. The molecule has 6 nitrogen and oxygen atoms in total. The molecule has 0 saturated heterocycles. The second kappa shape index (κ2) is 5.45. The van der Waals surface area contributed by atoms with E-state index in [1.165, 1.54) is 11.5 Å². The fourth-order valence-electron chi connectivity index (χ4n) is 2.45. The molecule has 1 aliphatic carbocycles. The van der Waals surface area contributed by atoms with Crippen LogP contribution in [0.25, 0.3) is 10.2 Å². The number of hydrogen-bond acceptors (Lipinski definition) is 8. The Labute approximate surface area is 135 Å². The Morgan fingerprint density at radius 2 is 2.18 bits per heavy atom. The summed E-state index contributed by atoms with van der Waals surface area (Å²) in [5, 5.41) is 19.0. The molecule has 0 unspecified atom stereocenters. The van der Waals surface area contributed by atoms with Crippen LogP contribution in [-0.4, -0.2) is 31.6 Å². The van der Waals surface area contributed by atoms with E-state index in [2.05, 4.69) is 25.0 Å². The number of aryl methyl sites for hydroxylation is 1. The molecule has 1 fully saturated rings. The first-order valence-corrected chi connectivity index (χ1v) is 8.73. The molecule has 0 spiro atoms. The highest BCUT2D eigenvalue weighted by Crippen LogP contribution is 2.32. The van der Waals surface area contributed by atoms with E-state index in [1.807, 2.05) is 24.4 Å². The lowest BCUT2D eigenvalue weighted by Crippen LogP contribution is -2.39. The monoisotopic (exact) mass is 333 g/mol. The molecule has 0 bridgehead atoms. The Balaban J connectivity index is 1.64. The van der Waals surface area contributed by atoms with Gasteiger partial charge in [-0.05, 0) is 48.8 Å². The van der Waals surface area contributed by atoms with Crippen LogP contribution in [0.15, 0.2) is 17.5 Å². The van der Waals surface area contributed by atoms with Crippen molar-refractivity contribution in [3.05, 3.63) is 23.2 Å². The van der Waals surface area contributed by atoms with Gasteiger partial charge in [-0.1, -0.05) is 0 Å². The first-order valence-electron chi connectivity index (χ1n) is 7.07. The molecule has 1 aliphatic rings. The number of fused-ring (bicyclic) bond motifs is 1. The third-order valence-electron chi connectivity index (χ3n) is 3.62. The van der Waals surface area contributed by atoms with Crippen molar-refractivity contribution in [2.45, 2.75) is 31.9 Å². The summed E-state index contributed by atoms with van der Waals surface area (Å²) >= 11 is 3.02. The zero-order chi connectivity index (χ0) is 15.1. The molecular weight excluding hydrogens is 318 g/mol. The zero-order valence-corrected chi connectivity index (χ0v) is 13.5. The van der Waals surface area contributed by atoms with Gasteiger partial charge in [0.25, 0.3) is 0 Å². The molecule has 4 rings (SSSR count). The van der Waals surface area contributed by atoms with Crippen molar-refractivity contribution in [1.82, 2.24) is 14.3 Å². The lowest BCUT2D eigenvalue weighted by molar-refractivity contribution is 0.0836. The molecular formula is C14H15N5OS2. The highest BCUT2D eigenvalue weighted by atomic mass is 32.1. The standard InChI is InChI=1S/C14H15N5OS2/c1-7-4-11(22-19-7)17-14-16-10-2-3-21-12(10)13(18-14)15-8-5-9(20)6-8/h2-4,8-9,20H,5-6H2,1H3,(H2,15,16,17,18). The second-order valence-corrected chi connectivity index (χ2v) is 7.18. The average molecular weight is 333 g/mol. The highest BCUT2D eigenvalue weighted by molar-refractivity contribution is 7.17. The number of aliphatic hydroxyl groups excluding tert-OH is 1. The van der Waals surface area contributed by atoms with E-state index in [0.29, 0.717) is 5.95 Å². The molecule has 3 N–H and O–H groups in total. The fourth-order valence-corrected chi connectivity index (χ4v) is 3.89. The molecule has 8 heteroatoms. The average Bonchev–Trinajstić information content (AvgIpc) is 3.06. The van der Waals surface area contributed by atoms with Gasteiger partial charge in [-0.2, -0.15) is 9.36 Å². The fraction of sp³-hybridized carbons (Fsp3) is 0.357. The van der Waals surface area contributed by atoms with Crippen molar-refractivity contribution < 1.29 is 5.11 Å². The number of nitrogens with one attached hydrogen (secondary N) is 2. The van der Waals surface area contributed by atoms with Crippen LogP contribution >= 0.6 is 22.9 Å². The van der Waals surface area contributed by atoms with Crippen LogP contribution in [-0.2, 0) is 0 Å². The minimum atomic E-state index is -0.184. The first kappa shape index (κ1) is 13.9. The van der Waals surface area contributed by atoms with Gasteiger partial charge in [0.2, 0.25) is 5.95 Å². The van der Waals surface area contributed by atoms with Gasteiger partial charge in [-0.15, -0.1) is 11.3 Å². The SMILES string of the molecule is Cc1cc(Nc2nc(NC3CC(O)C3)c3sccc3n2)sn1. The maximum absolute atomic E-state index is 9.43. The quantitative estimate of drug-likeness (QED) is 0.680. The van der Waals surface area contributed by atoms with Crippen LogP contribution in [0.4, 0.5) is 16.8 Å². The molecule has 0 radical (unpaired) electrons. The molecule has 3 aromatic rings. The van der Waals surface area contributed by atoms with Crippen molar-refractivity contribution in [2.75, 3.05) is 10.6 Å². The molecule has 114 valence electrons. The van der Waals surface area contributed by atoms with Crippen LogP contribution in [0.3, 0.4) is 0 Å². The first-order chi connectivity index (χ1) is 10.7. The van der Waals surface area contributed by atoms with E-state index in [-0.39, 0.29) is 12.1 Å². The second-order valence-electron chi connectivity index (χ2n) is 5.45. The van der Waals surface area contributed by atoms with Gasteiger partial charge in [0.15, 0.2) is 0 Å². The van der Waals surface area contributed by atoms with Gasteiger partial charge in [-0.3, -0.25) is 0 Å². The largest absolute Gasteiger partial charge is 0.393 e. The number of anilines is 3. The zero-order valence-electron chi connectivity index (χ0n) is 11.9. The number of aromatic nitrogens is 3. The van der Waals surface area contributed by atoms with Crippen molar-refractivity contribution >= 4 is 49.9 Å². The maximum Gasteiger partial charge on any atom is 0.230 e. The van der Waals surface area contributed by atoms with Gasteiger partial charge >= 0.3 is 0 Å². The number of thiophene rings is 1. The summed E-state index contributed by atoms with van der Waals surface area (Å²) in [7, 11) is 0. The van der Waals surface area contributed by atoms with E-state index in [1.54, 1.807) is 11.3 Å². The Morgan fingerprint density at radius 1 is 1.32 bits per heavy atom. The van der Waals surface area contributed by atoms with Crippen LogP contribution < -0.4 is 10.6 Å². The van der Waals surface area contributed by atoms with E-state index < -0.39 is 0 Å². The van der Waals surface area contributed by atoms with E-state index in [0.717, 1.165) is 39.6 Å². The maximum atomic E-state index is 9.43. The number of aliphatic hydroxyl groups is 1. The molecule has 0 aromatic carbocycles. The number of rotatable bonds is 4. The molecule has 1 saturated carbocycles. The van der Waals surface area contributed by atoms with Crippen molar-refractivity contribution in [3.63, 3.8) is 0 Å². The smallest absolute Gasteiger partial charge is 0.230 e. The molecule has 3 heterocycles. The van der Waals surface area contributed by atoms with Crippen LogP contribution in [0.5, 0.6) is 0 Å². The summed E-state index contributed by atoms with van der Waals surface area (Å²) in [5.74, 6) is 1.40.